The molecule has 0 aromatic heterocycles. The van der Waals surface area contributed by atoms with Crippen LogP contribution >= 0.6 is 11.6 Å². The fraction of sp³-hybridized carbons (Fsp3) is 0.259. The summed E-state index contributed by atoms with van der Waals surface area (Å²) >= 11 is 6.17. The number of likely N-dealkylation sites (N-methyl/N-ethyl adjacent to an activating group) is 1. The van der Waals surface area contributed by atoms with Crippen LogP contribution in [0.1, 0.15) is 25.0 Å². The van der Waals surface area contributed by atoms with Crippen molar-refractivity contribution >= 4 is 39.1 Å². The van der Waals surface area contributed by atoms with Crippen molar-refractivity contribution in [2.45, 2.75) is 38.3 Å². The number of carbonyl (C=O) groups is 2. The molecule has 3 aromatic carbocycles. The summed E-state index contributed by atoms with van der Waals surface area (Å²) < 4.78 is 28.3. The summed E-state index contributed by atoms with van der Waals surface area (Å²) in [6.07, 6.45) is 0. The summed E-state index contributed by atoms with van der Waals surface area (Å²) in [7, 11) is -4.11. The highest BCUT2D eigenvalue weighted by atomic mass is 35.5. The average molecular weight is 528 g/mol. The van der Waals surface area contributed by atoms with Crippen LogP contribution in [0.25, 0.3) is 0 Å². The third-order valence-corrected chi connectivity index (χ3v) is 7.85. The number of hydrogen-bond acceptors (Lipinski definition) is 4. The van der Waals surface area contributed by atoms with Gasteiger partial charge in [0.1, 0.15) is 12.6 Å². The van der Waals surface area contributed by atoms with Gasteiger partial charge in [0.05, 0.1) is 10.6 Å². The molecule has 3 aromatic rings. The Bertz CT molecular complexity index is 1320. The Labute approximate surface area is 217 Å². The first-order chi connectivity index (χ1) is 17.1. The van der Waals surface area contributed by atoms with Crippen molar-refractivity contribution < 1.29 is 18.0 Å². The lowest BCUT2D eigenvalue weighted by atomic mass is 10.1. The smallest absolute Gasteiger partial charge is 0.264 e. The summed E-state index contributed by atoms with van der Waals surface area (Å²) in [5.41, 5.74) is 2.07. The number of halogens is 1. The standard InChI is InChI=1S/C27H30ClN3O4S/c1-4-29-27(33)21(3)30(18-22-12-9-8-11-20(22)2)26(32)19-31(24-14-10-13-23(28)17-24)36(34,35)25-15-6-5-7-16-25/h5-17,21H,4,18-19H2,1-3H3,(H,29,33)/t21-/m1/s1. The van der Waals surface area contributed by atoms with Gasteiger partial charge in [0, 0.05) is 18.1 Å². The van der Waals surface area contributed by atoms with Crippen LogP contribution in [0.3, 0.4) is 0 Å². The molecule has 190 valence electrons. The van der Waals surface area contributed by atoms with E-state index in [0.717, 1.165) is 15.4 Å². The van der Waals surface area contributed by atoms with Crippen molar-refractivity contribution in [1.29, 1.82) is 0 Å². The first kappa shape index (κ1) is 27.2. The maximum absolute atomic E-state index is 13.8. The van der Waals surface area contributed by atoms with Crippen LogP contribution in [0.4, 0.5) is 5.69 Å². The van der Waals surface area contributed by atoms with E-state index in [-0.39, 0.29) is 23.0 Å². The van der Waals surface area contributed by atoms with E-state index < -0.39 is 28.5 Å². The number of benzene rings is 3. The van der Waals surface area contributed by atoms with E-state index in [1.807, 2.05) is 31.2 Å². The van der Waals surface area contributed by atoms with Gasteiger partial charge in [-0.05, 0) is 62.2 Å². The fourth-order valence-corrected chi connectivity index (χ4v) is 5.37. The second kappa shape index (κ2) is 12.1. The predicted molar refractivity (Wildman–Crippen MR) is 142 cm³/mol. The first-order valence-corrected chi connectivity index (χ1v) is 13.4. The minimum absolute atomic E-state index is 0.0417. The van der Waals surface area contributed by atoms with E-state index in [4.69, 9.17) is 11.6 Å². The first-order valence-electron chi connectivity index (χ1n) is 11.6. The molecule has 0 heterocycles. The van der Waals surface area contributed by atoms with Crippen LogP contribution in [-0.4, -0.2) is 44.3 Å². The van der Waals surface area contributed by atoms with Crippen LogP contribution in [0, 0.1) is 6.92 Å². The van der Waals surface area contributed by atoms with Gasteiger partial charge in [0.15, 0.2) is 0 Å². The topological polar surface area (TPSA) is 86.8 Å². The Balaban J connectivity index is 2.03. The normalized spacial score (nSPS) is 12.0. The molecule has 7 nitrogen and oxygen atoms in total. The molecule has 0 radical (unpaired) electrons. The van der Waals surface area contributed by atoms with Crippen molar-refractivity contribution in [3.05, 3.63) is 95.0 Å². The zero-order valence-electron chi connectivity index (χ0n) is 20.5. The zero-order valence-corrected chi connectivity index (χ0v) is 22.1. The van der Waals surface area contributed by atoms with Crippen LogP contribution < -0.4 is 9.62 Å². The molecular formula is C27H30ClN3O4S. The van der Waals surface area contributed by atoms with Crippen molar-refractivity contribution in [2.75, 3.05) is 17.4 Å². The Hall–Kier alpha value is -3.36. The monoisotopic (exact) mass is 527 g/mol. The molecule has 1 atom stereocenters. The minimum Gasteiger partial charge on any atom is -0.355 e. The summed E-state index contributed by atoms with van der Waals surface area (Å²) in [4.78, 5) is 27.9. The van der Waals surface area contributed by atoms with Gasteiger partial charge in [-0.1, -0.05) is 60.1 Å². The van der Waals surface area contributed by atoms with E-state index in [0.29, 0.717) is 11.6 Å². The minimum atomic E-state index is -4.11. The third kappa shape index (κ3) is 6.44. The number of anilines is 1. The highest BCUT2D eigenvalue weighted by Crippen LogP contribution is 2.27. The van der Waals surface area contributed by atoms with E-state index in [1.54, 1.807) is 50.2 Å². The van der Waals surface area contributed by atoms with E-state index in [1.165, 1.54) is 23.1 Å². The average Bonchev–Trinajstić information content (AvgIpc) is 2.86. The maximum Gasteiger partial charge on any atom is 0.264 e. The van der Waals surface area contributed by atoms with Gasteiger partial charge in [0.25, 0.3) is 10.0 Å². The number of nitrogens with zero attached hydrogens (tertiary/aromatic N) is 2. The number of nitrogens with one attached hydrogen (secondary N) is 1. The predicted octanol–water partition coefficient (Wildman–Crippen LogP) is 4.40. The quantitative estimate of drug-likeness (QED) is 0.423. The molecule has 0 saturated carbocycles. The van der Waals surface area contributed by atoms with Crippen molar-refractivity contribution in [3.8, 4) is 0 Å². The summed E-state index contributed by atoms with van der Waals surface area (Å²) in [6.45, 7) is 5.41. The molecule has 0 unspecified atom stereocenters. The number of sulfonamides is 1. The molecule has 0 aliphatic heterocycles. The molecule has 1 N–H and O–H groups in total. The lowest BCUT2D eigenvalue weighted by Gasteiger charge is -2.32. The molecule has 0 saturated heterocycles. The largest absolute Gasteiger partial charge is 0.355 e. The fourth-order valence-electron chi connectivity index (χ4n) is 3.76. The van der Waals surface area contributed by atoms with Crippen LogP contribution in [0.2, 0.25) is 5.02 Å². The molecule has 0 spiro atoms. The van der Waals surface area contributed by atoms with Crippen molar-refractivity contribution in [2.24, 2.45) is 0 Å². The Kier molecular flexibility index (Phi) is 9.12. The number of aryl methyl sites for hydroxylation is 1. The number of amides is 2. The summed E-state index contributed by atoms with van der Waals surface area (Å²) in [5.74, 6) is -0.837. The van der Waals surface area contributed by atoms with Crippen LogP contribution in [-0.2, 0) is 26.2 Å². The molecule has 0 fully saturated rings. The lowest BCUT2D eigenvalue weighted by Crippen LogP contribution is -2.51. The molecular weight excluding hydrogens is 498 g/mol. The van der Waals surface area contributed by atoms with Gasteiger partial charge in [0.2, 0.25) is 11.8 Å². The van der Waals surface area contributed by atoms with E-state index in [2.05, 4.69) is 5.32 Å². The Morgan fingerprint density at radius 3 is 2.28 bits per heavy atom. The van der Waals surface area contributed by atoms with E-state index >= 15 is 0 Å². The highest BCUT2D eigenvalue weighted by Gasteiger charge is 2.32. The molecule has 36 heavy (non-hydrogen) atoms. The number of hydrogen-bond donors (Lipinski definition) is 1. The summed E-state index contributed by atoms with van der Waals surface area (Å²) in [5, 5.41) is 3.08. The van der Waals surface area contributed by atoms with Gasteiger partial charge in [-0.25, -0.2) is 8.42 Å². The Morgan fingerprint density at radius 2 is 1.64 bits per heavy atom. The van der Waals surface area contributed by atoms with Crippen LogP contribution in [0.5, 0.6) is 0 Å². The molecule has 0 bridgehead atoms. The second-order valence-electron chi connectivity index (χ2n) is 8.32. The van der Waals surface area contributed by atoms with E-state index in [9.17, 15) is 18.0 Å². The maximum atomic E-state index is 13.8. The molecule has 2 amide bonds. The summed E-state index contributed by atoms with van der Waals surface area (Å²) in [6, 6.07) is 21.0. The van der Waals surface area contributed by atoms with Gasteiger partial charge in [-0.3, -0.25) is 13.9 Å². The van der Waals surface area contributed by atoms with Gasteiger partial charge >= 0.3 is 0 Å². The zero-order chi connectivity index (χ0) is 26.3. The lowest BCUT2D eigenvalue weighted by molar-refractivity contribution is -0.139. The van der Waals surface area contributed by atoms with Crippen molar-refractivity contribution in [3.63, 3.8) is 0 Å². The van der Waals surface area contributed by atoms with Gasteiger partial charge in [-0.2, -0.15) is 0 Å². The van der Waals surface area contributed by atoms with Gasteiger partial charge < -0.3 is 10.2 Å². The highest BCUT2D eigenvalue weighted by molar-refractivity contribution is 7.92. The number of carbonyl (C=O) groups excluding carboxylic acids is 2. The molecule has 9 heteroatoms. The second-order valence-corrected chi connectivity index (χ2v) is 10.6. The molecule has 0 aliphatic carbocycles. The van der Waals surface area contributed by atoms with Gasteiger partial charge in [-0.15, -0.1) is 0 Å². The molecule has 3 rings (SSSR count). The Morgan fingerprint density at radius 1 is 0.972 bits per heavy atom. The number of rotatable bonds is 10. The SMILES string of the molecule is CCNC(=O)[C@@H](C)N(Cc1ccccc1C)C(=O)CN(c1cccc(Cl)c1)S(=O)(=O)c1ccccc1. The van der Waals surface area contributed by atoms with Crippen molar-refractivity contribution in [1.82, 2.24) is 10.2 Å². The third-order valence-electron chi connectivity index (χ3n) is 5.83. The van der Waals surface area contributed by atoms with Crippen LogP contribution in [0.15, 0.2) is 83.8 Å². The molecule has 0 aliphatic rings.